The van der Waals surface area contributed by atoms with E-state index in [1.165, 1.54) is 0 Å². The first-order valence-electron chi connectivity index (χ1n) is 4.65. The summed E-state index contributed by atoms with van der Waals surface area (Å²) in [5.41, 5.74) is 0. The van der Waals surface area contributed by atoms with Gasteiger partial charge in [0.25, 0.3) is 0 Å². The number of cyclic esters (lactones) is 1. The Morgan fingerprint density at radius 3 is 2.14 bits per heavy atom. The molecule has 0 bridgehead atoms. The van der Waals surface area contributed by atoms with Gasteiger partial charge in [0.05, 0.1) is 19.8 Å². The van der Waals surface area contributed by atoms with E-state index in [4.69, 9.17) is 0 Å². The molecule has 0 saturated carbocycles. The largest absolute Gasteiger partial charge is 0.508 e. The Balaban J connectivity index is 0.000000249. The van der Waals surface area contributed by atoms with E-state index >= 15 is 0 Å². The number of carbonyl (C=O) groups excluding carboxylic acids is 2. The molecule has 1 aliphatic heterocycles. The molecule has 1 saturated heterocycles. The highest BCUT2D eigenvalue weighted by Gasteiger charge is 2.08. The van der Waals surface area contributed by atoms with Crippen molar-refractivity contribution < 1.29 is 23.8 Å². The van der Waals surface area contributed by atoms with Crippen LogP contribution in [-0.2, 0) is 19.0 Å². The predicted octanol–water partition coefficient (Wildman–Crippen LogP) is 1.50. The molecule has 0 atom stereocenters. The molecule has 14 heavy (non-hydrogen) atoms. The molecule has 82 valence electrons. The van der Waals surface area contributed by atoms with Gasteiger partial charge >= 0.3 is 12.1 Å². The molecule has 0 radical (unpaired) electrons. The van der Waals surface area contributed by atoms with Crippen LogP contribution in [-0.4, -0.2) is 31.9 Å². The summed E-state index contributed by atoms with van der Waals surface area (Å²) >= 11 is 0. The van der Waals surface area contributed by atoms with Crippen molar-refractivity contribution >= 4 is 12.1 Å². The predicted molar refractivity (Wildman–Crippen MR) is 48.8 cm³/mol. The third kappa shape index (κ3) is 7.39. The standard InChI is InChI=1S/C5H10O3.C4H6O2/c1-3-7-5(6)8-4-2;5-4-2-1-3-6-4/h3-4H2,1-2H3;1-3H2. The molecule has 5 nitrogen and oxygen atoms in total. The Kier molecular flexibility index (Phi) is 7.59. The van der Waals surface area contributed by atoms with E-state index in [0.717, 1.165) is 6.42 Å². The van der Waals surface area contributed by atoms with E-state index in [0.29, 0.717) is 26.2 Å². The lowest BCUT2D eigenvalue weighted by Crippen LogP contribution is -2.05. The molecule has 0 amide bonds. The summed E-state index contributed by atoms with van der Waals surface area (Å²) in [6.45, 7) is 4.85. The van der Waals surface area contributed by atoms with Crippen molar-refractivity contribution in [3.8, 4) is 0 Å². The average molecular weight is 204 g/mol. The maximum Gasteiger partial charge on any atom is 0.508 e. The van der Waals surface area contributed by atoms with Crippen LogP contribution in [0.5, 0.6) is 0 Å². The van der Waals surface area contributed by atoms with Crippen molar-refractivity contribution in [2.24, 2.45) is 0 Å². The van der Waals surface area contributed by atoms with Crippen LogP contribution in [0.15, 0.2) is 0 Å². The molecule has 0 N–H and O–H groups in total. The molecule has 1 heterocycles. The van der Waals surface area contributed by atoms with Crippen molar-refractivity contribution in [1.82, 2.24) is 0 Å². The van der Waals surface area contributed by atoms with Crippen LogP contribution in [0.25, 0.3) is 0 Å². The van der Waals surface area contributed by atoms with Gasteiger partial charge in [-0.2, -0.15) is 0 Å². The van der Waals surface area contributed by atoms with Crippen molar-refractivity contribution in [2.45, 2.75) is 26.7 Å². The van der Waals surface area contributed by atoms with Gasteiger partial charge in [-0.25, -0.2) is 4.79 Å². The van der Waals surface area contributed by atoms with Crippen LogP contribution in [0.1, 0.15) is 26.7 Å². The Morgan fingerprint density at radius 2 is 1.93 bits per heavy atom. The van der Waals surface area contributed by atoms with Gasteiger partial charge in [0.15, 0.2) is 0 Å². The Morgan fingerprint density at radius 1 is 1.36 bits per heavy atom. The fraction of sp³-hybridized carbons (Fsp3) is 0.778. The second-order valence-electron chi connectivity index (χ2n) is 2.44. The number of rotatable bonds is 2. The summed E-state index contributed by atoms with van der Waals surface area (Å²) in [7, 11) is 0. The number of hydrogen-bond donors (Lipinski definition) is 0. The first-order chi connectivity index (χ1) is 6.70. The maximum absolute atomic E-state index is 10.2. The van der Waals surface area contributed by atoms with Crippen LogP contribution in [0.4, 0.5) is 4.79 Å². The number of carbonyl (C=O) groups is 2. The zero-order chi connectivity index (χ0) is 10.8. The highest BCUT2D eigenvalue weighted by atomic mass is 16.7. The monoisotopic (exact) mass is 204 g/mol. The van der Waals surface area contributed by atoms with E-state index in [1.807, 2.05) is 0 Å². The summed E-state index contributed by atoms with van der Waals surface area (Å²) in [5.74, 6) is -0.0463. The highest BCUT2D eigenvalue weighted by Crippen LogP contribution is 2.01. The van der Waals surface area contributed by atoms with Crippen LogP contribution in [0, 0.1) is 0 Å². The molecule has 0 aliphatic carbocycles. The van der Waals surface area contributed by atoms with E-state index < -0.39 is 6.16 Å². The maximum atomic E-state index is 10.2. The molecule has 0 aromatic rings. The average Bonchev–Trinajstić information content (AvgIpc) is 2.58. The zero-order valence-corrected chi connectivity index (χ0v) is 8.58. The van der Waals surface area contributed by atoms with Crippen molar-refractivity contribution in [2.75, 3.05) is 19.8 Å². The minimum Gasteiger partial charge on any atom is -0.466 e. The Bertz CT molecular complexity index is 162. The van der Waals surface area contributed by atoms with Crippen molar-refractivity contribution in [1.29, 1.82) is 0 Å². The summed E-state index contributed by atoms with van der Waals surface area (Å²) < 4.78 is 13.4. The molecule has 1 aliphatic rings. The molecule has 5 heteroatoms. The SMILES string of the molecule is CCOC(=O)OCC.O=C1CCCO1. The van der Waals surface area contributed by atoms with Gasteiger partial charge in [-0.1, -0.05) is 0 Å². The molecule has 1 rings (SSSR count). The number of ether oxygens (including phenoxy) is 3. The lowest BCUT2D eigenvalue weighted by Gasteiger charge is -1.98. The molecule has 0 aromatic heterocycles. The second kappa shape index (κ2) is 8.34. The Hall–Kier alpha value is -1.26. The van der Waals surface area contributed by atoms with Gasteiger partial charge in [0.1, 0.15) is 0 Å². The van der Waals surface area contributed by atoms with Gasteiger partial charge in [-0.3, -0.25) is 4.79 Å². The van der Waals surface area contributed by atoms with Crippen LogP contribution in [0.2, 0.25) is 0 Å². The van der Waals surface area contributed by atoms with Crippen molar-refractivity contribution in [3.63, 3.8) is 0 Å². The molecular formula is C9H16O5. The second-order valence-corrected chi connectivity index (χ2v) is 2.44. The van der Waals surface area contributed by atoms with Gasteiger partial charge < -0.3 is 14.2 Å². The first-order valence-corrected chi connectivity index (χ1v) is 4.65. The fourth-order valence-electron chi connectivity index (χ4n) is 0.752. The summed E-state index contributed by atoms with van der Waals surface area (Å²) in [6.07, 6.45) is 0.953. The molecular weight excluding hydrogens is 188 g/mol. The summed E-state index contributed by atoms with van der Waals surface area (Å²) in [4.78, 5) is 20.2. The molecule has 0 unspecified atom stereocenters. The first kappa shape index (κ1) is 12.7. The van der Waals surface area contributed by atoms with E-state index in [1.54, 1.807) is 13.8 Å². The van der Waals surface area contributed by atoms with Crippen LogP contribution < -0.4 is 0 Å². The van der Waals surface area contributed by atoms with Gasteiger partial charge in [0, 0.05) is 6.42 Å². The van der Waals surface area contributed by atoms with Crippen molar-refractivity contribution in [3.05, 3.63) is 0 Å². The fourth-order valence-corrected chi connectivity index (χ4v) is 0.752. The van der Waals surface area contributed by atoms with E-state index in [2.05, 4.69) is 14.2 Å². The summed E-state index contributed by atoms with van der Waals surface area (Å²) in [6, 6.07) is 0. The normalized spacial score (nSPS) is 13.7. The van der Waals surface area contributed by atoms with E-state index in [-0.39, 0.29) is 5.97 Å². The van der Waals surface area contributed by atoms with Crippen LogP contribution in [0.3, 0.4) is 0 Å². The minimum atomic E-state index is -0.588. The van der Waals surface area contributed by atoms with E-state index in [9.17, 15) is 9.59 Å². The molecule has 0 aromatic carbocycles. The quantitative estimate of drug-likeness (QED) is 0.638. The third-order valence-corrected chi connectivity index (χ3v) is 1.31. The Labute approximate surface area is 83.3 Å². The number of hydrogen-bond acceptors (Lipinski definition) is 5. The van der Waals surface area contributed by atoms with Crippen LogP contribution >= 0.6 is 0 Å². The minimum absolute atomic E-state index is 0.0463. The highest BCUT2D eigenvalue weighted by molar-refractivity contribution is 5.70. The zero-order valence-electron chi connectivity index (χ0n) is 8.58. The van der Waals surface area contributed by atoms with Gasteiger partial charge in [0.2, 0.25) is 0 Å². The smallest absolute Gasteiger partial charge is 0.466 e. The third-order valence-electron chi connectivity index (χ3n) is 1.31. The summed E-state index contributed by atoms with van der Waals surface area (Å²) in [5, 5.41) is 0. The molecule has 1 fully saturated rings. The lowest BCUT2D eigenvalue weighted by molar-refractivity contribution is -0.137. The lowest BCUT2D eigenvalue weighted by atomic mass is 10.4. The molecule has 0 spiro atoms. The number of esters is 1. The van der Waals surface area contributed by atoms with Gasteiger partial charge in [-0.15, -0.1) is 0 Å². The van der Waals surface area contributed by atoms with Gasteiger partial charge in [-0.05, 0) is 20.3 Å². The topological polar surface area (TPSA) is 61.8 Å².